The molecule has 1 aliphatic rings. The van der Waals surface area contributed by atoms with Crippen molar-refractivity contribution >= 4 is 17.5 Å². The molecule has 3 rings (SSSR count). The Hall–Kier alpha value is -2.05. The maximum atomic E-state index is 12.5. The Morgan fingerprint density at radius 2 is 2.20 bits per heavy atom. The van der Waals surface area contributed by atoms with E-state index in [1.54, 1.807) is 16.8 Å². The standard InChI is InChI=1S/C18H22ClN3O3/c19-15-5-1-2-6-17(15)25-13-18(24)21-8-3-4-14(12-21)16-7-9-22(20-16)10-11-23/h1-2,5-7,9,14,23H,3-4,8,10-13H2/t14-/m0/s1. The molecular formula is C18H22ClN3O3. The lowest BCUT2D eigenvalue weighted by Gasteiger charge is -2.32. The number of benzene rings is 1. The third kappa shape index (κ3) is 4.52. The summed E-state index contributed by atoms with van der Waals surface area (Å²) in [6.45, 7) is 1.91. The van der Waals surface area contributed by atoms with Crippen LogP contribution in [0.2, 0.25) is 5.02 Å². The summed E-state index contributed by atoms with van der Waals surface area (Å²) in [5.74, 6) is 0.700. The van der Waals surface area contributed by atoms with Gasteiger partial charge >= 0.3 is 0 Å². The van der Waals surface area contributed by atoms with E-state index >= 15 is 0 Å². The second kappa shape index (κ2) is 8.36. The zero-order chi connectivity index (χ0) is 17.6. The van der Waals surface area contributed by atoms with Gasteiger partial charge < -0.3 is 14.7 Å². The van der Waals surface area contributed by atoms with E-state index in [-0.39, 0.29) is 25.0 Å². The Labute approximate surface area is 152 Å². The highest BCUT2D eigenvalue weighted by molar-refractivity contribution is 6.32. The molecule has 6 nitrogen and oxygen atoms in total. The van der Waals surface area contributed by atoms with Crippen LogP contribution < -0.4 is 4.74 Å². The molecule has 25 heavy (non-hydrogen) atoms. The highest BCUT2D eigenvalue weighted by Gasteiger charge is 2.26. The first kappa shape index (κ1) is 17.8. The summed E-state index contributed by atoms with van der Waals surface area (Å²) < 4.78 is 7.29. The van der Waals surface area contributed by atoms with Crippen LogP contribution in [0, 0.1) is 0 Å². The molecule has 134 valence electrons. The third-order valence-electron chi connectivity index (χ3n) is 4.37. The van der Waals surface area contributed by atoms with Crippen LogP contribution >= 0.6 is 11.6 Å². The molecule has 0 radical (unpaired) electrons. The molecule has 1 atom stereocenters. The number of piperidine rings is 1. The zero-order valence-corrected chi connectivity index (χ0v) is 14.7. The fraction of sp³-hybridized carbons (Fsp3) is 0.444. The van der Waals surface area contributed by atoms with Crippen molar-refractivity contribution in [2.75, 3.05) is 26.3 Å². The normalized spacial score (nSPS) is 17.5. The molecule has 2 heterocycles. The minimum atomic E-state index is -0.0422. The molecule has 0 saturated carbocycles. The molecule has 0 unspecified atom stereocenters. The van der Waals surface area contributed by atoms with Crippen LogP contribution in [0.3, 0.4) is 0 Å². The van der Waals surface area contributed by atoms with Crippen LogP contribution in [0.4, 0.5) is 0 Å². The maximum absolute atomic E-state index is 12.5. The molecule has 1 aromatic carbocycles. The Morgan fingerprint density at radius 1 is 1.36 bits per heavy atom. The van der Waals surface area contributed by atoms with E-state index in [9.17, 15) is 4.79 Å². The van der Waals surface area contributed by atoms with E-state index in [1.165, 1.54) is 0 Å². The molecule has 1 saturated heterocycles. The van der Waals surface area contributed by atoms with E-state index in [0.29, 0.717) is 23.9 Å². The number of amides is 1. The molecule has 7 heteroatoms. The van der Waals surface area contributed by atoms with Crippen molar-refractivity contribution in [1.82, 2.24) is 14.7 Å². The number of halogens is 1. The van der Waals surface area contributed by atoms with Crippen molar-refractivity contribution in [3.8, 4) is 5.75 Å². The second-order valence-corrected chi connectivity index (χ2v) is 6.53. The van der Waals surface area contributed by atoms with Crippen molar-refractivity contribution in [1.29, 1.82) is 0 Å². The zero-order valence-electron chi connectivity index (χ0n) is 14.0. The fourth-order valence-corrected chi connectivity index (χ4v) is 3.25. The summed E-state index contributed by atoms with van der Waals surface area (Å²) >= 11 is 6.05. The minimum absolute atomic E-state index is 0.0184. The van der Waals surface area contributed by atoms with Crippen molar-refractivity contribution in [3.05, 3.63) is 47.2 Å². The second-order valence-electron chi connectivity index (χ2n) is 6.13. The number of hydrogen-bond donors (Lipinski definition) is 1. The average molecular weight is 364 g/mol. The largest absolute Gasteiger partial charge is 0.482 e. The van der Waals surface area contributed by atoms with E-state index < -0.39 is 0 Å². The SMILES string of the molecule is O=C(COc1ccccc1Cl)N1CCC[C@H](c2ccn(CCO)n2)C1. The smallest absolute Gasteiger partial charge is 0.260 e. The summed E-state index contributed by atoms with van der Waals surface area (Å²) in [5, 5.41) is 14.0. The van der Waals surface area contributed by atoms with Gasteiger partial charge in [0.1, 0.15) is 5.75 Å². The Morgan fingerprint density at radius 3 is 3.00 bits per heavy atom. The molecular weight excluding hydrogens is 342 g/mol. The molecule has 1 fully saturated rings. The van der Waals surface area contributed by atoms with Gasteiger partial charge in [0.25, 0.3) is 5.91 Å². The number of aliphatic hydroxyl groups is 1. The lowest BCUT2D eigenvalue weighted by Crippen LogP contribution is -2.41. The Balaban J connectivity index is 1.56. The van der Waals surface area contributed by atoms with Crippen molar-refractivity contribution in [2.45, 2.75) is 25.3 Å². The lowest BCUT2D eigenvalue weighted by molar-refractivity contribution is -0.134. The van der Waals surface area contributed by atoms with E-state index in [0.717, 1.165) is 25.1 Å². The number of aromatic nitrogens is 2. The Bertz CT molecular complexity index is 719. The topological polar surface area (TPSA) is 67.6 Å². The first-order valence-corrected chi connectivity index (χ1v) is 8.84. The predicted molar refractivity (Wildman–Crippen MR) is 94.8 cm³/mol. The van der Waals surface area contributed by atoms with Gasteiger partial charge in [0, 0.05) is 25.2 Å². The van der Waals surface area contributed by atoms with E-state index in [2.05, 4.69) is 5.10 Å². The van der Waals surface area contributed by atoms with Crippen LogP contribution in [-0.4, -0.2) is 52.0 Å². The van der Waals surface area contributed by atoms with Gasteiger partial charge in [-0.15, -0.1) is 0 Å². The summed E-state index contributed by atoms with van der Waals surface area (Å²) in [6, 6.07) is 9.10. The molecule has 1 aliphatic heterocycles. The van der Waals surface area contributed by atoms with Crippen LogP contribution in [0.15, 0.2) is 36.5 Å². The number of hydrogen-bond acceptors (Lipinski definition) is 4. The number of carbonyl (C=O) groups is 1. The average Bonchev–Trinajstić information content (AvgIpc) is 3.10. The van der Waals surface area contributed by atoms with Gasteiger partial charge in [-0.3, -0.25) is 9.48 Å². The molecule has 1 aromatic heterocycles. The van der Waals surface area contributed by atoms with Crippen LogP contribution in [-0.2, 0) is 11.3 Å². The van der Waals surface area contributed by atoms with Gasteiger partial charge in [-0.05, 0) is 31.0 Å². The molecule has 0 spiro atoms. The predicted octanol–water partition coefficient (Wildman–Crippen LogP) is 2.31. The first-order valence-electron chi connectivity index (χ1n) is 8.46. The highest BCUT2D eigenvalue weighted by Crippen LogP contribution is 2.26. The van der Waals surface area contributed by atoms with Crippen molar-refractivity contribution < 1.29 is 14.6 Å². The van der Waals surface area contributed by atoms with Gasteiger partial charge in [-0.1, -0.05) is 23.7 Å². The van der Waals surface area contributed by atoms with Crippen LogP contribution in [0.5, 0.6) is 5.75 Å². The summed E-state index contributed by atoms with van der Waals surface area (Å²) in [5.41, 5.74) is 0.970. The van der Waals surface area contributed by atoms with Gasteiger partial charge in [-0.2, -0.15) is 5.10 Å². The number of nitrogens with zero attached hydrogens (tertiary/aromatic N) is 3. The van der Waals surface area contributed by atoms with Crippen LogP contribution in [0.1, 0.15) is 24.5 Å². The van der Waals surface area contributed by atoms with Crippen molar-refractivity contribution in [2.24, 2.45) is 0 Å². The van der Waals surface area contributed by atoms with E-state index in [1.807, 2.05) is 29.3 Å². The number of rotatable bonds is 6. The quantitative estimate of drug-likeness (QED) is 0.855. The van der Waals surface area contributed by atoms with Gasteiger partial charge in [0.05, 0.1) is 23.9 Å². The molecule has 0 bridgehead atoms. The number of carbonyl (C=O) groups excluding carboxylic acids is 1. The monoisotopic (exact) mass is 363 g/mol. The van der Waals surface area contributed by atoms with Gasteiger partial charge in [0.15, 0.2) is 6.61 Å². The molecule has 1 N–H and O–H groups in total. The number of likely N-dealkylation sites (tertiary alicyclic amines) is 1. The summed E-state index contributed by atoms with van der Waals surface area (Å²) in [7, 11) is 0. The van der Waals surface area contributed by atoms with Crippen LogP contribution in [0.25, 0.3) is 0 Å². The summed E-state index contributed by atoms with van der Waals surface area (Å²) in [4.78, 5) is 14.3. The Kier molecular flexibility index (Phi) is 5.94. The number of para-hydroxylation sites is 1. The van der Waals surface area contributed by atoms with Gasteiger partial charge in [0.2, 0.25) is 0 Å². The molecule has 2 aromatic rings. The van der Waals surface area contributed by atoms with Gasteiger partial charge in [-0.25, -0.2) is 0 Å². The lowest BCUT2D eigenvalue weighted by atomic mass is 9.95. The fourth-order valence-electron chi connectivity index (χ4n) is 3.06. The number of ether oxygens (including phenoxy) is 1. The molecule has 1 amide bonds. The number of aliphatic hydroxyl groups excluding tert-OH is 1. The highest BCUT2D eigenvalue weighted by atomic mass is 35.5. The third-order valence-corrected chi connectivity index (χ3v) is 4.68. The van der Waals surface area contributed by atoms with E-state index in [4.69, 9.17) is 21.4 Å². The first-order chi connectivity index (χ1) is 12.2. The summed E-state index contributed by atoms with van der Waals surface area (Å²) in [6.07, 6.45) is 3.81. The van der Waals surface area contributed by atoms with Crippen molar-refractivity contribution in [3.63, 3.8) is 0 Å². The molecule has 0 aliphatic carbocycles. The maximum Gasteiger partial charge on any atom is 0.260 e. The minimum Gasteiger partial charge on any atom is -0.482 e.